The Morgan fingerprint density at radius 3 is 2.38 bits per heavy atom. The molecule has 8 nitrogen and oxygen atoms in total. The zero-order valence-electron chi connectivity index (χ0n) is 26.4. The molecule has 0 spiro atoms. The van der Waals surface area contributed by atoms with E-state index in [9.17, 15) is 9.59 Å². The zero-order chi connectivity index (χ0) is 31.6. The van der Waals surface area contributed by atoms with Crippen LogP contribution in [0, 0.1) is 0 Å². The molecule has 2 N–H and O–H groups in total. The van der Waals surface area contributed by atoms with Gasteiger partial charge in [0.1, 0.15) is 28.9 Å². The van der Waals surface area contributed by atoms with E-state index in [4.69, 9.17) is 14.5 Å². The number of unbranched alkanes of at least 4 members (excludes halogenated alkanes) is 3. The molecule has 1 aliphatic heterocycles. The molecule has 1 aliphatic rings. The maximum absolute atomic E-state index is 13.7. The molecule has 0 fully saturated rings. The number of benzene rings is 3. The summed E-state index contributed by atoms with van der Waals surface area (Å²) < 4.78 is 13.0. The molecular weight excluding hydrogens is 564 g/mol. The van der Waals surface area contributed by atoms with E-state index in [1.165, 1.54) is 0 Å². The van der Waals surface area contributed by atoms with Crippen molar-refractivity contribution in [3.63, 3.8) is 0 Å². The highest BCUT2D eigenvalue weighted by Gasteiger charge is 2.41. The molecule has 1 atom stereocenters. The maximum atomic E-state index is 13.7. The van der Waals surface area contributed by atoms with Crippen molar-refractivity contribution < 1.29 is 23.6 Å². The van der Waals surface area contributed by atoms with Crippen molar-refractivity contribution in [2.75, 3.05) is 18.5 Å². The lowest BCUT2D eigenvalue weighted by Crippen LogP contribution is -2.44. The fraction of sp³-hybridized carbons (Fsp3) is 0.351. The Kier molecular flexibility index (Phi) is 10.5. The molecule has 3 aromatic carbocycles. The molecule has 0 aliphatic carbocycles. The monoisotopic (exact) mass is 607 g/mol. The van der Waals surface area contributed by atoms with Gasteiger partial charge in [0.2, 0.25) is 0 Å². The summed E-state index contributed by atoms with van der Waals surface area (Å²) in [7, 11) is 0. The average Bonchev–Trinajstić information content (AvgIpc) is 3.33. The fourth-order valence-electron chi connectivity index (χ4n) is 5.35. The van der Waals surface area contributed by atoms with Gasteiger partial charge in [0, 0.05) is 24.9 Å². The molecule has 1 unspecified atom stereocenters. The molecule has 4 aromatic rings. The zero-order valence-corrected chi connectivity index (χ0v) is 26.4. The van der Waals surface area contributed by atoms with Crippen LogP contribution in [0.1, 0.15) is 68.1 Å². The lowest BCUT2D eigenvalue weighted by atomic mass is 10.1. The average molecular weight is 608 g/mol. The van der Waals surface area contributed by atoms with Crippen LogP contribution in [0.3, 0.4) is 0 Å². The number of hydrogen-bond acceptors (Lipinski definition) is 6. The second-order valence-corrected chi connectivity index (χ2v) is 12.4. The van der Waals surface area contributed by atoms with E-state index in [0.29, 0.717) is 26.0 Å². The highest BCUT2D eigenvalue weighted by atomic mass is 16.6. The Balaban J connectivity index is 1.15. The molecule has 234 valence electrons. The summed E-state index contributed by atoms with van der Waals surface area (Å²) >= 11 is 0. The minimum Gasteiger partial charge on any atom is -0.494 e. The molecular formula is C37H43N4O4+. The van der Waals surface area contributed by atoms with Crippen LogP contribution in [0.25, 0.3) is 11.3 Å². The van der Waals surface area contributed by atoms with Gasteiger partial charge in [0.25, 0.3) is 0 Å². The Morgan fingerprint density at radius 2 is 1.62 bits per heavy atom. The molecule has 0 saturated heterocycles. The smallest absolute Gasteiger partial charge is 0.407 e. The number of rotatable bonds is 13. The van der Waals surface area contributed by atoms with Gasteiger partial charge in [0.05, 0.1) is 6.61 Å². The van der Waals surface area contributed by atoms with Crippen molar-refractivity contribution >= 4 is 17.8 Å². The number of carbonyl (C=O) groups excluding carboxylic acids is 2. The summed E-state index contributed by atoms with van der Waals surface area (Å²) in [6, 6.07) is 27.8. The second-order valence-electron chi connectivity index (χ2n) is 12.4. The van der Waals surface area contributed by atoms with E-state index in [-0.39, 0.29) is 12.0 Å². The SMILES string of the molecule is CC(C)(C)OC(=O)NCCCCCCOc1cccc(CC2Nc3c(Cc4ccccc4)nc(-c4ccccc4)c[n+]3C2=O)c1. The van der Waals surface area contributed by atoms with Gasteiger partial charge in [-0.1, -0.05) is 85.6 Å². The molecule has 0 saturated carbocycles. The third kappa shape index (κ3) is 9.14. The molecule has 0 radical (unpaired) electrons. The summed E-state index contributed by atoms with van der Waals surface area (Å²) in [5.41, 5.74) is 4.27. The molecule has 1 amide bonds. The standard InChI is InChI=1S/C37H42N4O4/c1-37(2,3)45-36(43)38-21-12-4-5-13-22-44-30-20-14-17-28(23-30)25-32-35(42)41-26-33(29-18-10-7-11-19-29)39-31(34(41)40-32)24-27-15-8-6-9-16-27/h6-11,14-20,23,26,32H,4-5,12-13,21-22,24-25H2,1-3H3,(H,38,43)/p+1. The third-order valence-electron chi connectivity index (χ3n) is 7.50. The molecule has 5 rings (SSSR count). The van der Waals surface area contributed by atoms with E-state index >= 15 is 0 Å². The largest absolute Gasteiger partial charge is 0.494 e. The van der Waals surface area contributed by atoms with Crippen molar-refractivity contribution in [1.29, 1.82) is 0 Å². The van der Waals surface area contributed by atoms with Gasteiger partial charge in [-0.3, -0.25) is 5.32 Å². The van der Waals surface area contributed by atoms with Gasteiger partial charge in [-0.05, 0) is 56.9 Å². The number of nitrogens with one attached hydrogen (secondary N) is 2. The van der Waals surface area contributed by atoms with E-state index < -0.39 is 11.6 Å². The normalized spacial score (nSPS) is 14.0. The minimum atomic E-state index is -0.484. The van der Waals surface area contributed by atoms with Gasteiger partial charge >= 0.3 is 17.8 Å². The number of hydrogen-bond donors (Lipinski definition) is 2. The van der Waals surface area contributed by atoms with E-state index in [1.54, 1.807) is 4.57 Å². The number of anilines is 1. The van der Waals surface area contributed by atoms with Crippen molar-refractivity contribution in [3.05, 3.63) is 108 Å². The van der Waals surface area contributed by atoms with Gasteiger partial charge in [-0.2, -0.15) is 4.57 Å². The molecule has 0 bridgehead atoms. The first-order chi connectivity index (χ1) is 21.7. The van der Waals surface area contributed by atoms with Gasteiger partial charge in [-0.15, -0.1) is 0 Å². The Morgan fingerprint density at radius 1 is 0.911 bits per heavy atom. The van der Waals surface area contributed by atoms with Crippen molar-refractivity contribution in [2.24, 2.45) is 0 Å². The molecule has 1 aromatic heterocycles. The lowest BCUT2D eigenvalue weighted by molar-refractivity contribution is -0.552. The Labute approximate surface area is 265 Å². The van der Waals surface area contributed by atoms with Crippen molar-refractivity contribution in [3.8, 4) is 17.0 Å². The van der Waals surface area contributed by atoms with Crippen LogP contribution in [0.15, 0.2) is 91.1 Å². The molecule has 2 heterocycles. The topological polar surface area (TPSA) is 93.4 Å². The number of alkyl carbamates (subject to hydrolysis) is 1. The lowest BCUT2D eigenvalue weighted by Gasteiger charge is -2.19. The van der Waals surface area contributed by atoms with Crippen LogP contribution in [0.4, 0.5) is 10.6 Å². The molecule has 8 heteroatoms. The summed E-state index contributed by atoms with van der Waals surface area (Å²) in [5, 5.41) is 6.29. The van der Waals surface area contributed by atoms with E-state index in [2.05, 4.69) is 22.8 Å². The van der Waals surface area contributed by atoms with Gasteiger partial charge in [-0.25, -0.2) is 14.6 Å². The highest BCUT2D eigenvalue weighted by molar-refractivity contribution is 5.82. The summed E-state index contributed by atoms with van der Waals surface area (Å²) in [6.07, 6.45) is 6.46. The van der Waals surface area contributed by atoms with Crippen LogP contribution >= 0.6 is 0 Å². The highest BCUT2D eigenvalue weighted by Crippen LogP contribution is 2.25. The van der Waals surface area contributed by atoms with E-state index in [1.807, 2.05) is 99.8 Å². The number of carbonyl (C=O) groups is 2. The number of amides is 1. The van der Waals surface area contributed by atoms with Crippen LogP contribution in [-0.2, 0) is 17.6 Å². The molecule has 45 heavy (non-hydrogen) atoms. The Bertz CT molecular complexity index is 1590. The number of aromatic nitrogens is 2. The van der Waals surface area contributed by atoms with Gasteiger partial charge < -0.3 is 14.8 Å². The Hall–Kier alpha value is -4.72. The minimum absolute atomic E-state index is 0.00590. The first-order valence-corrected chi connectivity index (χ1v) is 15.8. The van der Waals surface area contributed by atoms with Crippen LogP contribution in [0.2, 0.25) is 0 Å². The second kappa shape index (κ2) is 14.8. The predicted octanol–water partition coefficient (Wildman–Crippen LogP) is 6.77. The maximum Gasteiger partial charge on any atom is 0.407 e. The predicted molar refractivity (Wildman–Crippen MR) is 175 cm³/mol. The quantitative estimate of drug-likeness (QED) is 0.129. The third-order valence-corrected chi connectivity index (χ3v) is 7.50. The van der Waals surface area contributed by atoms with Crippen molar-refractivity contribution in [1.82, 2.24) is 10.3 Å². The van der Waals surface area contributed by atoms with Crippen molar-refractivity contribution in [2.45, 2.75) is 70.9 Å². The first-order valence-electron chi connectivity index (χ1n) is 15.8. The summed E-state index contributed by atoms with van der Waals surface area (Å²) in [4.78, 5) is 30.4. The van der Waals surface area contributed by atoms with Crippen LogP contribution in [0.5, 0.6) is 5.75 Å². The van der Waals surface area contributed by atoms with Crippen LogP contribution < -0.4 is 19.9 Å². The summed E-state index contributed by atoms with van der Waals surface area (Å²) in [6.45, 7) is 6.78. The fourth-order valence-corrected chi connectivity index (χ4v) is 5.35. The number of ether oxygens (including phenoxy) is 2. The van der Waals surface area contributed by atoms with Crippen LogP contribution in [-0.4, -0.2) is 41.8 Å². The van der Waals surface area contributed by atoms with Gasteiger partial charge in [0.15, 0.2) is 6.04 Å². The number of fused-ring (bicyclic) bond motifs is 1. The van der Waals surface area contributed by atoms with E-state index in [0.717, 1.165) is 65.3 Å². The number of nitrogens with zero attached hydrogens (tertiary/aromatic N) is 2. The summed E-state index contributed by atoms with van der Waals surface area (Å²) in [5.74, 6) is 1.56. The first kappa shape index (κ1) is 31.7.